The molecule has 1 aromatic heterocycles. The first kappa shape index (κ1) is 10.8. The lowest BCUT2D eigenvalue weighted by Gasteiger charge is -1.95. The summed E-state index contributed by atoms with van der Waals surface area (Å²) >= 11 is 3.36. The Balaban J connectivity index is 2.28. The van der Waals surface area contributed by atoms with Gasteiger partial charge >= 0.3 is 5.97 Å². The number of carboxylic acids is 1. The maximum absolute atomic E-state index is 10.5. The smallest absolute Gasteiger partial charge is 0.325 e. The van der Waals surface area contributed by atoms with Crippen LogP contribution in [0.2, 0.25) is 0 Å². The monoisotopic (exact) mass is 281 g/mol. The molecule has 1 heterocycles. The first-order chi connectivity index (χ1) is 7.65. The molecule has 82 valence electrons. The van der Waals surface area contributed by atoms with E-state index >= 15 is 0 Å². The van der Waals surface area contributed by atoms with Crippen LogP contribution in [0.15, 0.2) is 34.9 Å². The van der Waals surface area contributed by atoms with Crippen molar-refractivity contribution in [2.24, 2.45) is 0 Å². The van der Waals surface area contributed by atoms with E-state index in [0.717, 1.165) is 10.0 Å². The van der Waals surface area contributed by atoms with E-state index in [2.05, 4.69) is 26.2 Å². The summed E-state index contributed by atoms with van der Waals surface area (Å²) in [5.74, 6) is -0.939. The Morgan fingerprint density at radius 3 is 3.00 bits per heavy atom. The summed E-state index contributed by atoms with van der Waals surface area (Å²) in [4.78, 5) is 10.5. The van der Waals surface area contributed by atoms with Gasteiger partial charge in [-0.25, -0.2) is 4.68 Å². The van der Waals surface area contributed by atoms with Crippen molar-refractivity contribution in [2.45, 2.75) is 6.54 Å². The molecule has 6 heteroatoms. The lowest BCUT2D eigenvalue weighted by Crippen LogP contribution is -2.08. The van der Waals surface area contributed by atoms with Crippen molar-refractivity contribution in [3.63, 3.8) is 0 Å². The predicted octanol–water partition coefficient (Wildman–Crippen LogP) is 1.79. The van der Waals surface area contributed by atoms with Crippen LogP contribution in [0.1, 0.15) is 0 Å². The molecule has 0 spiro atoms. The van der Waals surface area contributed by atoms with Crippen molar-refractivity contribution in [1.29, 1.82) is 0 Å². The van der Waals surface area contributed by atoms with Gasteiger partial charge in [0.2, 0.25) is 0 Å². The minimum Gasteiger partial charge on any atom is -0.480 e. The fourth-order valence-electron chi connectivity index (χ4n) is 1.29. The van der Waals surface area contributed by atoms with Crippen LogP contribution in [-0.4, -0.2) is 26.1 Å². The Morgan fingerprint density at radius 2 is 2.31 bits per heavy atom. The molecular formula is C10H8BrN3O2. The molecule has 1 N–H and O–H groups in total. The highest BCUT2D eigenvalue weighted by atomic mass is 79.9. The van der Waals surface area contributed by atoms with Crippen molar-refractivity contribution in [1.82, 2.24) is 15.0 Å². The quantitative estimate of drug-likeness (QED) is 0.932. The van der Waals surface area contributed by atoms with Crippen LogP contribution in [-0.2, 0) is 11.3 Å². The number of carbonyl (C=O) groups is 1. The molecule has 0 saturated heterocycles. The lowest BCUT2D eigenvalue weighted by atomic mass is 10.2. The van der Waals surface area contributed by atoms with E-state index in [0.29, 0.717) is 5.69 Å². The van der Waals surface area contributed by atoms with E-state index in [1.807, 2.05) is 24.3 Å². The topological polar surface area (TPSA) is 68.0 Å². The summed E-state index contributed by atoms with van der Waals surface area (Å²) in [7, 11) is 0. The number of halogens is 1. The van der Waals surface area contributed by atoms with E-state index in [-0.39, 0.29) is 6.54 Å². The van der Waals surface area contributed by atoms with Crippen molar-refractivity contribution in [3.8, 4) is 11.3 Å². The van der Waals surface area contributed by atoms with Gasteiger partial charge in [0.15, 0.2) is 0 Å². The molecule has 0 saturated carbocycles. The second-order valence-electron chi connectivity index (χ2n) is 3.21. The van der Waals surface area contributed by atoms with Crippen molar-refractivity contribution in [2.75, 3.05) is 0 Å². The SMILES string of the molecule is O=C(O)Cn1cc(-c2cccc(Br)c2)nn1. The van der Waals surface area contributed by atoms with E-state index in [1.165, 1.54) is 4.68 Å². The second-order valence-corrected chi connectivity index (χ2v) is 4.12. The van der Waals surface area contributed by atoms with Crippen molar-refractivity contribution >= 4 is 21.9 Å². The molecule has 16 heavy (non-hydrogen) atoms. The number of rotatable bonds is 3. The zero-order valence-corrected chi connectivity index (χ0v) is 9.75. The van der Waals surface area contributed by atoms with Crippen LogP contribution in [0.4, 0.5) is 0 Å². The summed E-state index contributed by atoms with van der Waals surface area (Å²) in [5, 5.41) is 16.2. The van der Waals surface area contributed by atoms with E-state index in [9.17, 15) is 4.79 Å². The highest BCUT2D eigenvalue weighted by Crippen LogP contribution is 2.20. The third-order valence-electron chi connectivity index (χ3n) is 1.96. The molecule has 2 aromatic rings. The molecule has 0 unspecified atom stereocenters. The number of benzene rings is 1. The zero-order chi connectivity index (χ0) is 11.5. The van der Waals surface area contributed by atoms with Crippen molar-refractivity contribution in [3.05, 3.63) is 34.9 Å². The van der Waals surface area contributed by atoms with Crippen LogP contribution in [0.3, 0.4) is 0 Å². The van der Waals surface area contributed by atoms with Gasteiger partial charge in [-0.2, -0.15) is 0 Å². The molecule has 2 rings (SSSR count). The van der Waals surface area contributed by atoms with Crippen LogP contribution in [0.5, 0.6) is 0 Å². The maximum atomic E-state index is 10.5. The first-order valence-electron chi connectivity index (χ1n) is 4.53. The van der Waals surface area contributed by atoms with E-state index in [4.69, 9.17) is 5.11 Å². The molecule has 0 fully saturated rings. The van der Waals surface area contributed by atoms with Gasteiger partial charge in [0.25, 0.3) is 0 Å². The summed E-state index contributed by atoms with van der Waals surface area (Å²) in [6.45, 7) is -0.180. The first-order valence-corrected chi connectivity index (χ1v) is 5.32. The minimum absolute atomic E-state index is 0.180. The zero-order valence-electron chi connectivity index (χ0n) is 8.17. The summed E-state index contributed by atoms with van der Waals surface area (Å²) in [5.41, 5.74) is 1.55. The fourth-order valence-corrected chi connectivity index (χ4v) is 1.69. The fraction of sp³-hybridized carbons (Fsp3) is 0.100. The van der Waals surface area contributed by atoms with Gasteiger partial charge in [0.05, 0.1) is 6.20 Å². The number of hydrogen-bond acceptors (Lipinski definition) is 3. The molecule has 0 bridgehead atoms. The Kier molecular flexibility index (Phi) is 3.00. The molecule has 5 nitrogen and oxygen atoms in total. The van der Waals surface area contributed by atoms with Gasteiger partial charge in [-0.3, -0.25) is 4.79 Å². The molecule has 0 aliphatic carbocycles. The third-order valence-corrected chi connectivity index (χ3v) is 2.45. The lowest BCUT2D eigenvalue weighted by molar-refractivity contribution is -0.137. The van der Waals surface area contributed by atoms with Crippen molar-refractivity contribution < 1.29 is 9.90 Å². The number of aromatic nitrogens is 3. The molecule has 0 aliphatic rings. The van der Waals surface area contributed by atoms with E-state index in [1.54, 1.807) is 6.20 Å². The molecule has 0 atom stereocenters. The van der Waals surface area contributed by atoms with Gasteiger partial charge in [0, 0.05) is 10.0 Å². The minimum atomic E-state index is -0.939. The molecule has 0 aliphatic heterocycles. The Bertz CT molecular complexity index is 524. The molecule has 0 radical (unpaired) electrons. The van der Waals surface area contributed by atoms with Gasteiger partial charge in [-0.1, -0.05) is 33.3 Å². The average Bonchev–Trinajstić information content (AvgIpc) is 2.65. The van der Waals surface area contributed by atoms with E-state index < -0.39 is 5.97 Å². The van der Waals surface area contributed by atoms with Crippen LogP contribution < -0.4 is 0 Å². The Morgan fingerprint density at radius 1 is 1.50 bits per heavy atom. The highest BCUT2D eigenvalue weighted by molar-refractivity contribution is 9.10. The number of nitrogens with zero attached hydrogens (tertiary/aromatic N) is 3. The van der Waals surface area contributed by atoms with Gasteiger partial charge < -0.3 is 5.11 Å². The highest BCUT2D eigenvalue weighted by Gasteiger charge is 2.06. The summed E-state index contributed by atoms with van der Waals surface area (Å²) in [6.07, 6.45) is 1.61. The largest absolute Gasteiger partial charge is 0.480 e. The molecule has 1 aromatic carbocycles. The maximum Gasteiger partial charge on any atom is 0.325 e. The standard InChI is InChI=1S/C10H8BrN3O2/c11-8-3-1-2-7(4-8)9-5-14(13-12-9)6-10(15)16/h1-5H,6H2,(H,15,16). The third kappa shape index (κ3) is 2.46. The van der Waals surface area contributed by atoms with Crippen LogP contribution in [0.25, 0.3) is 11.3 Å². The van der Waals surface area contributed by atoms with Crippen LogP contribution >= 0.6 is 15.9 Å². The number of carboxylic acid groups (broad SMARTS) is 1. The Labute approximate surface area is 99.8 Å². The normalized spacial score (nSPS) is 10.3. The van der Waals surface area contributed by atoms with Gasteiger partial charge in [-0.15, -0.1) is 5.10 Å². The molecular weight excluding hydrogens is 274 g/mol. The summed E-state index contributed by atoms with van der Waals surface area (Å²) < 4.78 is 2.23. The number of hydrogen-bond donors (Lipinski definition) is 1. The Hall–Kier alpha value is -1.69. The summed E-state index contributed by atoms with van der Waals surface area (Å²) in [6, 6.07) is 7.58. The average molecular weight is 282 g/mol. The van der Waals surface area contributed by atoms with Crippen LogP contribution in [0, 0.1) is 0 Å². The predicted molar refractivity (Wildman–Crippen MR) is 60.8 cm³/mol. The number of aliphatic carboxylic acids is 1. The van der Waals surface area contributed by atoms with Gasteiger partial charge in [-0.05, 0) is 12.1 Å². The molecule has 0 amide bonds. The van der Waals surface area contributed by atoms with Gasteiger partial charge in [0.1, 0.15) is 12.2 Å². The second kappa shape index (κ2) is 4.44.